The molecular formula is C11H14N4S. The van der Waals surface area contributed by atoms with Gasteiger partial charge in [0, 0.05) is 22.8 Å². The van der Waals surface area contributed by atoms with Crippen molar-refractivity contribution >= 4 is 17.2 Å². The molecule has 2 heterocycles. The summed E-state index contributed by atoms with van der Waals surface area (Å²) in [6.45, 7) is 2.04. The Kier molecular flexibility index (Phi) is 3.17. The minimum Gasteiger partial charge on any atom is -0.383 e. The fourth-order valence-electron chi connectivity index (χ4n) is 1.76. The number of pyridine rings is 1. The number of nitrogens with zero attached hydrogens (tertiary/aromatic N) is 2. The van der Waals surface area contributed by atoms with Crippen LogP contribution in [0.2, 0.25) is 0 Å². The molecule has 1 atom stereocenters. The number of rotatable bonds is 3. The first-order valence-electron chi connectivity index (χ1n) is 5.00. The monoisotopic (exact) mass is 234 g/mol. The molecule has 16 heavy (non-hydrogen) atoms. The molecule has 0 radical (unpaired) electrons. The number of anilines is 1. The van der Waals surface area contributed by atoms with Gasteiger partial charge >= 0.3 is 0 Å². The van der Waals surface area contributed by atoms with Crippen molar-refractivity contribution in [1.29, 1.82) is 0 Å². The van der Waals surface area contributed by atoms with Crippen molar-refractivity contribution in [3.05, 3.63) is 40.0 Å². The molecule has 0 fully saturated rings. The van der Waals surface area contributed by atoms with E-state index in [4.69, 9.17) is 5.73 Å². The number of hydrogen-bond acceptors (Lipinski definition) is 5. The molecule has 3 N–H and O–H groups in total. The standard InChI is InChI=1S/C11H14N4S/c1-7-3-4-15-11(12)9(7)10(13-2)8-5-14-6-16-8/h3-6,10,13H,1-2H3,(H2,12,15). The van der Waals surface area contributed by atoms with Crippen molar-refractivity contribution in [2.45, 2.75) is 13.0 Å². The van der Waals surface area contributed by atoms with Crippen LogP contribution < -0.4 is 11.1 Å². The number of aromatic nitrogens is 2. The van der Waals surface area contributed by atoms with Gasteiger partial charge in [-0.25, -0.2) is 4.98 Å². The highest BCUT2D eigenvalue weighted by molar-refractivity contribution is 7.09. The van der Waals surface area contributed by atoms with Crippen LogP contribution >= 0.6 is 11.3 Å². The first-order valence-corrected chi connectivity index (χ1v) is 5.88. The molecule has 2 aromatic heterocycles. The van der Waals surface area contributed by atoms with E-state index in [0.717, 1.165) is 16.0 Å². The Bertz CT molecular complexity index is 447. The highest BCUT2D eigenvalue weighted by Crippen LogP contribution is 2.29. The van der Waals surface area contributed by atoms with Crippen LogP contribution in [0.3, 0.4) is 0 Å². The topological polar surface area (TPSA) is 63.8 Å². The van der Waals surface area contributed by atoms with Crippen LogP contribution in [-0.2, 0) is 0 Å². The Hall–Kier alpha value is -1.46. The summed E-state index contributed by atoms with van der Waals surface area (Å²) >= 11 is 1.61. The van der Waals surface area contributed by atoms with E-state index in [1.807, 2.05) is 31.7 Å². The molecule has 2 rings (SSSR count). The summed E-state index contributed by atoms with van der Waals surface area (Å²) in [6.07, 6.45) is 3.59. The minimum atomic E-state index is 0.0706. The maximum atomic E-state index is 5.94. The summed E-state index contributed by atoms with van der Waals surface area (Å²) in [4.78, 5) is 9.38. The number of thiazole rings is 1. The summed E-state index contributed by atoms with van der Waals surface area (Å²) in [5.41, 5.74) is 9.93. The number of nitrogens with two attached hydrogens (primary N) is 1. The highest BCUT2D eigenvalue weighted by Gasteiger charge is 2.18. The van der Waals surface area contributed by atoms with E-state index >= 15 is 0 Å². The fraction of sp³-hybridized carbons (Fsp3) is 0.273. The van der Waals surface area contributed by atoms with Gasteiger partial charge in [0.15, 0.2) is 0 Å². The molecular weight excluding hydrogens is 220 g/mol. The fourth-order valence-corrected chi connectivity index (χ4v) is 2.50. The molecule has 0 amide bonds. The van der Waals surface area contributed by atoms with Gasteiger partial charge < -0.3 is 11.1 Å². The minimum absolute atomic E-state index is 0.0706. The van der Waals surface area contributed by atoms with Crippen LogP contribution in [0, 0.1) is 6.92 Å². The lowest BCUT2D eigenvalue weighted by Crippen LogP contribution is -2.19. The smallest absolute Gasteiger partial charge is 0.128 e. The van der Waals surface area contributed by atoms with Crippen molar-refractivity contribution in [2.75, 3.05) is 12.8 Å². The third kappa shape index (κ3) is 1.91. The largest absolute Gasteiger partial charge is 0.383 e. The second-order valence-electron chi connectivity index (χ2n) is 3.55. The van der Waals surface area contributed by atoms with Gasteiger partial charge in [-0.15, -0.1) is 11.3 Å². The van der Waals surface area contributed by atoms with E-state index < -0.39 is 0 Å². The molecule has 2 aromatic rings. The third-order valence-corrected chi connectivity index (χ3v) is 3.39. The van der Waals surface area contributed by atoms with Crippen molar-refractivity contribution < 1.29 is 0 Å². The number of hydrogen-bond donors (Lipinski definition) is 2. The van der Waals surface area contributed by atoms with Crippen LogP contribution in [0.4, 0.5) is 5.82 Å². The molecule has 84 valence electrons. The Morgan fingerprint density at radius 3 is 2.88 bits per heavy atom. The molecule has 0 aliphatic rings. The van der Waals surface area contributed by atoms with Gasteiger partial charge in [-0.05, 0) is 25.6 Å². The number of nitrogens with one attached hydrogen (secondary N) is 1. The van der Waals surface area contributed by atoms with Gasteiger partial charge in [-0.3, -0.25) is 4.98 Å². The van der Waals surface area contributed by atoms with Crippen LogP contribution in [0.25, 0.3) is 0 Å². The molecule has 0 saturated heterocycles. The quantitative estimate of drug-likeness (QED) is 0.849. The van der Waals surface area contributed by atoms with Crippen molar-refractivity contribution in [1.82, 2.24) is 15.3 Å². The van der Waals surface area contributed by atoms with Crippen LogP contribution in [0.15, 0.2) is 24.0 Å². The molecule has 0 saturated carbocycles. The molecule has 0 aliphatic heterocycles. The second-order valence-corrected chi connectivity index (χ2v) is 4.47. The zero-order valence-corrected chi connectivity index (χ0v) is 10.1. The van der Waals surface area contributed by atoms with E-state index in [1.54, 1.807) is 17.5 Å². The van der Waals surface area contributed by atoms with E-state index in [9.17, 15) is 0 Å². The first-order chi connectivity index (χ1) is 7.74. The van der Waals surface area contributed by atoms with Crippen LogP contribution in [0.5, 0.6) is 0 Å². The zero-order chi connectivity index (χ0) is 11.5. The third-order valence-electron chi connectivity index (χ3n) is 2.55. The van der Waals surface area contributed by atoms with E-state index in [1.165, 1.54) is 0 Å². The highest BCUT2D eigenvalue weighted by atomic mass is 32.1. The maximum Gasteiger partial charge on any atom is 0.128 e. The molecule has 4 nitrogen and oxygen atoms in total. The molecule has 0 bridgehead atoms. The second kappa shape index (κ2) is 4.59. The predicted molar refractivity (Wildman–Crippen MR) is 66.4 cm³/mol. The van der Waals surface area contributed by atoms with Crippen LogP contribution in [0.1, 0.15) is 22.0 Å². The van der Waals surface area contributed by atoms with Crippen LogP contribution in [-0.4, -0.2) is 17.0 Å². The molecule has 0 aromatic carbocycles. The Labute approximate surface area is 98.6 Å². The van der Waals surface area contributed by atoms with E-state index in [0.29, 0.717) is 5.82 Å². The van der Waals surface area contributed by atoms with Gasteiger partial charge in [0.05, 0.1) is 11.6 Å². The zero-order valence-electron chi connectivity index (χ0n) is 9.27. The normalized spacial score (nSPS) is 12.6. The number of nitrogen functional groups attached to an aromatic ring is 1. The lowest BCUT2D eigenvalue weighted by atomic mass is 10.0. The molecule has 1 unspecified atom stereocenters. The lowest BCUT2D eigenvalue weighted by molar-refractivity contribution is 0.697. The molecule has 5 heteroatoms. The Morgan fingerprint density at radius 2 is 2.31 bits per heavy atom. The summed E-state index contributed by atoms with van der Waals surface area (Å²) in [7, 11) is 1.91. The predicted octanol–water partition coefficient (Wildman–Crippen LogP) is 1.74. The summed E-state index contributed by atoms with van der Waals surface area (Å²) < 4.78 is 0. The van der Waals surface area contributed by atoms with E-state index in [-0.39, 0.29) is 6.04 Å². The summed E-state index contributed by atoms with van der Waals surface area (Å²) in [5.74, 6) is 0.577. The van der Waals surface area contributed by atoms with Gasteiger partial charge in [0.1, 0.15) is 5.82 Å². The van der Waals surface area contributed by atoms with Gasteiger partial charge in [-0.1, -0.05) is 0 Å². The average Bonchev–Trinajstić information content (AvgIpc) is 2.77. The van der Waals surface area contributed by atoms with Gasteiger partial charge in [0.25, 0.3) is 0 Å². The lowest BCUT2D eigenvalue weighted by Gasteiger charge is -2.18. The maximum absolute atomic E-state index is 5.94. The summed E-state index contributed by atoms with van der Waals surface area (Å²) in [5, 5.41) is 3.25. The van der Waals surface area contributed by atoms with Gasteiger partial charge in [-0.2, -0.15) is 0 Å². The average molecular weight is 234 g/mol. The number of aryl methyl sites for hydroxylation is 1. The summed E-state index contributed by atoms with van der Waals surface area (Å²) in [6, 6.07) is 2.04. The van der Waals surface area contributed by atoms with Crippen molar-refractivity contribution in [3.63, 3.8) is 0 Å². The Balaban J connectivity index is 2.49. The van der Waals surface area contributed by atoms with Gasteiger partial charge in [0.2, 0.25) is 0 Å². The van der Waals surface area contributed by atoms with Crippen molar-refractivity contribution in [3.8, 4) is 0 Å². The SMILES string of the molecule is CNC(c1cncs1)c1c(C)ccnc1N. The Morgan fingerprint density at radius 1 is 1.50 bits per heavy atom. The van der Waals surface area contributed by atoms with E-state index in [2.05, 4.69) is 15.3 Å². The molecule has 0 aliphatic carbocycles. The van der Waals surface area contributed by atoms with Crippen molar-refractivity contribution in [2.24, 2.45) is 0 Å². The first kappa shape index (κ1) is 11.0. The molecule has 0 spiro atoms.